The molecular weight excluding hydrogens is 282 g/mol. The molecule has 116 valence electrons. The van der Waals surface area contributed by atoms with Gasteiger partial charge in [0.15, 0.2) is 0 Å². The monoisotopic (exact) mass is 307 g/mol. The van der Waals surface area contributed by atoms with E-state index in [0.29, 0.717) is 17.4 Å². The molecule has 21 heavy (non-hydrogen) atoms. The average molecular weight is 307 g/mol. The smallest absolute Gasteiger partial charge is 0.207 e. The van der Waals surface area contributed by atoms with Crippen LogP contribution < -0.4 is 0 Å². The van der Waals surface area contributed by atoms with E-state index in [9.17, 15) is 8.42 Å². The molecule has 1 unspecified atom stereocenters. The van der Waals surface area contributed by atoms with Gasteiger partial charge in [-0.25, -0.2) is 8.42 Å². The van der Waals surface area contributed by atoms with Crippen LogP contribution in [0.15, 0.2) is 29.2 Å². The molecule has 0 saturated carbocycles. The summed E-state index contributed by atoms with van der Waals surface area (Å²) in [6.45, 7) is 10.4. The summed E-state index contributed by atoms with van der Waals surface area (Å²) in [5.74, 6) is 0.324. The third-order valence-corrected chi connectivity index (χ3v) is 6.52. The molecule has 0 saturated heterocycles. The first-order valence-corrected chi connectivity index (χ1v) is 8.99. The van der Waals surface area contributed by atoms with Crippen LogP contribution in [0.2, 0.25) is 0 Å². The van der Waals surface area contributed by atoms with Gasteiger partial charge in [-0.1, -0.05) is 50.1 Å². The Morgan fingerprint density at radius 3 is 2.33 bits per heavy atom. The maximum Gasteiger partial charge on any atom is 0.244 e. The van der Waals surface area contributed by atoms with Crippen LogP contribution in [-0.4, -0.2) is 25.3 Å². The van der Waals surface area contributed by atoms with Gasteiger partial charge in [-0.05, 0) is 37.8 Å². The summed E-state index contributed by atoms with van der Waals surface area (Å²) >= 11 is 0. The Hall–Kier alpha value is -1.13. The number of hydrogen-bond acceptors (Lipinski definition) is 2. The van der Waals surface area contributed by atoms with Crippen molar-refractivity contribution >= 4 is 10.0 Å². The predicted octanol–water partition coefficient (Wildman–Crippen LogP) is 3.59. The molecule has 0 aromatic heterocycles. The molecular formula is C17H25NO2S. The van der Waals surface area contributed by atoms with Gasteiger partial charge >= 0.3 is 0 Å². The minimum atomic E-state index is -3.45. The second-order valence-corrected chi connectivity index (χ2v) is 7.93. The van der Waals surface area contributed by atoms with E-state index in [-0.39, 0.29) is 6.04 Å². The quantitative estimate of drug-likeness (QED) is 0.797. The van der Waals surface area contributed by atoms with Crippen LogP contribution in [0.5, 0.6) is 0 Å². The number of nitrogens with zero attached hydrogens (tertiary/aromatic N) is 1. The van der Waals surface area contributed by atoms with Gasteiger partial charge in [0.05, 0.1) is 4.90 Å². The van der Waals surface area contributed by atoms with Crippen LogP contribution in [-0.2, 0) is 10.0 Å². The molecule has 2 atom stereocenters. The number of sulfonamides is 1. The lowest BCUT2D eigenvalue weighted by atomic mass is 10.0. The van der Waals surface area contributed by atoms with E-state index in [0.717, 1.165) is 23.1 Å². The third-order valence-electron chi connectivity index (χ3n) is 4.35. The van der Waals surface area contributed by atoms with Crippen molar-refractivity contribution in [3.05, 3.63) is 41.0 Å². The van der Waals surface area contributed by atoms with E-state index < -0.39 is 10.0 Å². The lowest BCUT2D eigenvalue weighted by molar-refractivity contribution is 0.321. The summed E-state index contributed by atoms with van der Waals surface area (Å²) in [4.78, 5) is 0.477. The second kappa shape index (κ2) is 5.93. The largest absolute Gasteiger partial charge is 0.244 e. The summed E-state index contributed by atoms with van der Waals surface area (Å²) < 4.78 is 27.9. The van der Waals surface area contributed by atoms with Crippen LogP contribution >= 0.6 is 0 Å². The molecule has 0 bridgehead atoms. The molecule has 0 amide bonds. The Morgan fingerprint density at radius 2 is 1.81 bits per heavy atom. The summed E-state index contributed by atoms with van der Waals surface area (Å²) in [6, 6.07) is 3.86. The van der Waals surface area contributed by atoms with E-state index in [2.05, 4.69) is 13.8 Å². The van der Waals surface area contributed by atoms with Crippen molar-refractivity contribution in [1.82, 2.24) is 4.31 Å². The number of rotatable bonds is 4. The van der Waals surface area contributed by atoms with E-state index in [1.807, 2.05) is 45.1 Å². The highest BCUT2D eigenvalue weighted by Gasteiger charge is 2.36. The van der Waals surface area contributed by atoms with Crippen LogP contribution in [0.3, 0.4) is 0 Å². The Bertz CT molecular complexity index is 638. The van der Waals surface area contributed by atoms with Gasteiger partial charge in [0.25, 0.3) is 0 Å². The van der Waals surface area contributed by atoms with Gasteiger partial charge < -0.3 is 0 Å². The fraction of sp³-hybridized carbons (Fsp3) is 0.529. The van der Waals surface area contributed by atoms with Crippen molar-refractivity contribution in [3.63, 3.8) is 0 Å². The summed E-state index contributed by atoms with van der Waals surface area (Å²) in [5, 5.41) is 0. The van der Waals surface area contributed by atoms with E-state index in [1.54, 1.807) is 4.31 Å². The number of hydrogen-bond donors (Lipinski definition) is 0. The SMILES string of the molecule is CCC(C)[C@H]1C=CCN1S(=O)(=O)c1c(C)cc(C)cc1C. The lowest BCUT2D eigenvalue weighted by Gasteiger charge is -2.29. The van der Waals surface area contributed by atoms with Gasteiger partial charge in [-0.15, -0.1) is 0 Å². The summed E-state index contributed by atoms with van der Waals surface area (Å²) in [5.41, 5.74) is 2.77. The van der Waals surface area contributed by atoms with Gasteiger partial charge in [0, 0.05) is 12.6 Å². The first-order valence-electron chi connectivity index (χ1n) is 7.55. The fourth-order valence-electron chi connectivity index (χ4n) is 3.19. The van der Waals surface area contributed by atoms with Crippen LogP contribution in [0.1, 0.15) is 37.0 Å². The average Bonchev–Trinajstić information content (AvgIpc) is 2.86. The van der Waals surface area contributed by atoms with Crippen LogP contribution in [0.25, 0.3) is 0 Å². The summed E-state index contributed by atoms with van der Waals surface area (Å²) in [7, 11) is -3.45. The zero-order valence-corrected chi connectivity index (χ0v) is 14.4. The molecule has 2 rings (SSSR count). The molecule has 0 radical (unpaired) electrons. The molecule has 0 aliphatic carbocycles. The number of benzene rings is 1. The highest BCUT2D eigenvalue weighted by molar-refractivity contribution is 7.89. The van der Waals surface area contributed by atoms with Crippen molar-refractivity contribution < 1.29 is 8.42 Å². The van der Waals surface area contributed by atoms with Crippen molar-refractivity contribution in [1.29, 1.82) is 0 Å². The molecule has 1 aromatic carbocycles. The van der Waals surface area contributed by atoms with Gasteiger partial charge in [-0.2, -0.15) is 4.31 Å². The molecule has 0 fully saturated rings. The maximum atomic E-state index is 13.1. The zero-order valence-electron chi connectivity index (χ0n) is 13.6. The van der Waals surface area contributed by atoms with Crippen molar-refractivity contribution in [2.45, 2.75) is 52.0 Å². The fourth-order valence-corrected chi connectivity index (χ4v) is 5.23. The molecule has 1 aliphatic rings. The van der Waals surface area contributed by atoms with Crippen LogP contribution in [0, 0.1) is 26.7 Å². The highest BCUT2D eigenvalue weighted by atomic mass is 32.2. The Balaban J connectivity index is 2.48. The maximum absolute atomic E-state index is 13.1. The van der Waals surface area contributed by atoms with Crippen molar-refractivity contribution in [2.75, 3.05) is 6.54 Å². The van der Waals surface area contributed by atoms with Crippen molar-refractivity contribution in [3.8, 4) is 0 Å². The third kappa shape index (κ3) is 2.92. The highest BCUT2D eigenvalue weighted by Crippen LogP contribution is 2.31. The molecule has 0 spiro atoms. The molecule has 4 heteroatoms. The topological polar surface area (TPSA) is 37.4 Å². The Labute approximate surface area is 128 Å². The molecule has 0 N–H and O–H groups in total. The molecule has 1 aromatic rings. The second-order valence-electron chi connectivity index (χ2n) is 6.11. The normalized spacial score (nSPS) is 20.9. The van der Waals surface area contributed by atoms with Crippen molar-refractivity contribution in [2.24, 2.45) is 5.92 Å². The van der Waals surface area contributed by atoms with Gasteiger partial charge in [0.1, 0.15) is 0 Å². The minimum Gasteiger partial charge on any atom is -0.207 e. The molecule has 1 aliphatic heterocycles. The minimum absolute atomic E-state index is 0.0277. The Kier molecular flexibility index (Phi) is 4.59. The Morgan fingerprint density at radius 1 is 1.24 bits per heavy atom. The first-order chi connectivity index (χ1) is 9.78. The first kappa shape index (κ1) is 16.2. The van der Waals surface area contributed by atoms with Gasteiger partial charge in [-0.3, -0.25) is 0 Å². The van der Waals surface area contributed by atoms with E-state index in [4.69, 9.17) is 0 Å². The standard InChI is InChI=1S/C17H25NO2S/c1-6-13(3)16-8-7-9-18(16)21(19,20)17-14(4)10-12(2)11-15(17)5/h7-8,10-11,13,16H,6,9H2,1-5H3/t13?,16-/m1/s1. The predicted molar refractivity (Wildman–Crippen MR) is 86.9 cm³/mol. The van der Waals surface area contributed by atoms with E-state index in [1.165, 1.54) is 0 Å². The van der Waals surface area contributed by atoms with Crippen LogP contribution in [0.4, 0.5) is 0 Å². The number of aryl methyl sites for hydroxylation is 3. The van der Waals surface area contributed by atoms with E-state index >= 15 is 0 Å². The zero-order chi connectivity index (χ0) is 15.8. The lowest BCUT2D eigenvalue weighted by Crippen LogP contribution is -2.40. The van der Waals surface area contributed by atoms with Gasteiger partial charge in [0.2, 0.25) is 10.0 Å². The molecule has 1 heterocycles. The molecule has 3 nitrogen and oxygen atoms in total. The summed E-state index contributed by atoms with van der Waals surface area (Å²) in [6.07, 6.45) is 4.96.